The summed E-state index contributed by atoms with van der Waals surface area (Å²) >= 11 is 3.35. The summed E-state index contributed by atoms with van der Waals surface area (Å²) < 4.78 is 1.24. The predicted molar refractivity (Wildman–Crippen MR) is 78.7 cm³/mol. The van der Waals surface area contributed by atoms with Gasteiger partial charge in [-0.2, -0.15) is 0 Å². The zero-order chi connectivity index (χ0) is 12.4. The van der Waals surface area contributed by atoms with Gasteiger partial charge in [0.2, 0.25) is 0 Å². The third-order valence-corrected chi connectivity index (χ3v) is 4.38. The highest BCUT2D eigenvalue weighted by molar-refractivity contribution is 7.22. The number of fused-ring (bicyclic) bond motifs is 1. The third-order valence-electron chi connectivity index (χ3n) is 2.76. The Bertz CT molecular complexity index is 643. The smallest absolute Gasteiger partial charge is 0.183 e. The fourth-order valence-electron chi connectivity index (χ4n) is 1.82. The molecule has 0 amide bonds. The van der Waals surface area contributed by atoms with Gasteiger partial charge < -0.3 is 5.32 Å². The third kappa shape index (κ3) is 2.37. The second-order valence-electron chi connectivity index (χ2n) is 4.10. The molecule has 0 atom stereocenters. The molecule has 0 bridgehead atoms. The van der Waals surface area contributed by atoms with E-state index < -0.39 is 0 Å². The number of nitrogens with one attached hydrogen (secondary N) is 1. The van der Waals surface area contributed by atoms with Crippen LogP contribution in [0.15, 0.2) is 29.1 Å². The van der Waals surface area contributed by atoms with Crippen molar-refractivity contribution in [3.05, 3.63) is 40.3 Å². The molecule has 3 aromatic rings. The number of hydrogen-bond acceptors (Lipinski definition) is 5. The predicted octanol–water partition coefficient (Wildman–Crippen LogP) is 3.72. The first kappa shape index (κ1) is 11.6. The molecule has 0 unspecified atom stereocenters. The lowest BCUT2D eigenvalue weighted by atomic mass is 10.2. The van der Waals surface area contributed by atoms with E-state index in [1.54, 1.807) is 22.7 Å². The van der Waals surface area contributed by atoms with Crippen LogP contribution in [0.5, 0.6) is 0 Å². The summed E-state index contributed by atoms with van der Waals surface area (Å²) in [6, 6.07) is 6.29. The maximum Gasteiger partial charge on any atom is 0.183 e. The van der Waals surface area contributed by atoms with Gasteiger partial charge in [0.05, 0.1) is 21.4 Å². The van der Waals surface area contributed by atoms with Gasteiger partial charge in [-0.15, -0.1) is 11.3 Å². The molecule has 18 heavy (non-hydrogen) atoms. The monoisotopic (exact) mass is 275 g/mol. The van der Waals surface area contributed by atoms with E-state index in [1.165, 1.54) is 10.3 Å². The van der Waals surface area contributed by atoms with Crippen LogP contribution in [0, 0.1) is 6.92 Å². The van der Waals surface area contributed by atoms with Gasteiger partial charge in [-0.1, -0.05) is 23.5 Å². The summed E-state index contributed by atoms with van der Waals surface area (Å²) in [5, 5.41) is 6.45. The standard InChI is InChI=1S/C13H13N3S2/c1-9-3-2-4-11-12(9)16-13(18-11)14-6-5-10-7-17-8-15-10/h2-4,7-8H,5-6H2,1H3,(H,14,16). The Morgan fingerprint density at radius 2 is 2.28 bits per heavy atom. The Morgan fingerprint density at radius 3 is 3.06 bits per heavy atom. The largest absolute Gasteiger partial charge is 0.361 e. The summed E-state index contributed by atoms with van der Waals surface area (Å²) in [6.45, 7) is 2.98. The fourth-order valence-corrected chi connectivity index (χ4v) is 3.38. The molecule has 2 heterocycles. The lowest BCUT2D eigenvalue weighted by Crippen LogP contribution is -2.04. The first-order valence-electron chi connectivity index (χ1n) is 5.80. The van der Waals surface area contributed by atoms with Gasteiger partial charge in [-0.05, 0) is 18.6 Å². The summed E-state index contributed by atoms with van der Waals surface area (Å²) in [4.78, 5) is 8.89. The van der Waals surface area contributed by atoms with Crippen LogP contribution in [0.25, 0.3) is 10.2 Å². The molecular formula is C13H13N3S2. The Hall–Kier alpha value is -1.46. The van der Waals surface area contributed by atoms with Crippen molar-refractivity contribution >= 4 is 38.0 Å². The van der Waals surface area contributed by atoms with E-state index in [9.17, 15) is 0 Å². The highest BCUT2D eigenvalue weighted by Crippen LogP contribution is 2.27. The first-order chi connectivity index (χ1) is 8.83. The molecule has 0 aliphatic carbocycles. The van der Waals surface area contributed by atoms with Gasteiger partial charge >= 0.3 is 0 Å². The van der Waals surface area contributed by atoms with E-state index in [4.69, 9.17) is 0 Å². The molecule has 3 nitrogen and oxygen atoms in total. The number of para-hydroxylation sites is 1. The van der Waals surface area contributed by atoms with Crippen LogP contribution in [0.1, 0.15) is 11.3 Å². The highest BCUT2D eigenvalue weighted by atomic mass is 32.1. The minimum absolute atomic E-state index is 0.878. The molecule has 0 aliphatic rings. The van der Waals surface area contributed by atoms with E-state index in [0.717, 1.165) is 29.3 Å². The van der Waals surface area contributed by atoms with E-state index in [1.807, 2.05) is 5.51 Å². The van der Waals surface area contributed by atoms with Crippen molar-refractivity contribution in [1.82, 2.24) is 9.97 Å². The van der Waals surface area contributed by atoms with Crippen LogP contribution < -0.4 is 5.32 Å². The zero-order valence-corrected chi connectivity index (χ0v) is 11.6. The van der Waals surface area contributed by atoms with Crippen molar-refractivity contribution < 1.29 is 0 Å². The van der Waals surface area contributed by atoms with Gasteiger partial charge in [0.1, 0.15) is 0 Å². The molecule has 1 N–H and O–H groups in total. The van der Waals surface area contributed by atoms with Crippen LogP contribution in [-0.2, 0) is 6.42 Å². The number of rotatable bonds is 4. The molecule has 0 saturated heterocycles. The van der Waals surface area contributed by atoms with Gasteiger partial charge in [0.15, 0.2) is 5.13 Å². The number of aromatic nitrogens is 2. The Labute approximate surface area is 114 Å². The summed E-state index contributed by atoms with van der Waals surface area (Å²) in [6.07, 6.45) is 0.943. The molecule has 1 aromatic carbocycles. The second-order valence-corrected chi connectivity index (χ2v) is 5.85. The molecule has 2 aromatic heterocycles. The maximum atomic E-state index is 4.62. The van der Waals surface area contributed by atoms with E-state index in [-0.39, 0.29) is 0 Å². The Kier molecular flexibility index (Phi) is 3.25. The number of nitrogens with zero attached hydrogens (tertiary/aromatic N) is 2. The number of hydrogen-bond donors (Lipinski definition) is 1. The minimum Gasteiger partial charge on any atom is -0.361 e. The van der Waals surface area contributed by atoms with Crippen LogP contribution in [0.2, 0.25) is 0 Å². The normalized spacial score (nSPS) is 10.9. The van der Waals surface area contributed by atoms with E-state index in [2.05, 4.69) is 45.8 Å². The SMILES string of the molecule is Cc1cccc2sc(NCCc3cscn3)nc12. The van der Waals surface area contributed by atoms with Crippen LogP contribution >= 0.6 is 22.7 Å². The van der Waals surface area contributed by atoms with Crippen LogP contribution in [0.4, 0.5) is 5.13 Å². The van der Waals surface area contributed by atoms with Crippen molar-refractivity contribution in [2.24, 2.45) is 0 Å². The van der Waals surface area contributed by atoms with Crippen molar-refractivity contribution in [2.45, 2.75) is 13.3 Å². The van der Waals surface area contributed by atoms with Crippen molar-refractivity contribution in [3.8, 4) is 0 Å². The molecule has 0 radical (unpaired) electrons. The highest BCUT2D eigenvalue weighted by Gasteiger charge is 2.05. The number of benzene rings is 1. The molecule has 0 spiro atoms. The molecule has 3 rings (SSSR count). The quantitative estimate of drug-likeness (QED) is 0.788. The molecule has 0 aliphatic heterocycles. The summed E-state index contributed by atoms with van der Waals surface area (Å²) in [7, 11) is 0. The average molecular weight is 275 g/mol. The zero-order valence-electron chi connectivity index (χ0n) is 10.0. The van der Waals surface area contributed by atoms with Gasteiger partial charge in [-0.25, -0.2) is 9.97 Å². The average Bonchev–Trinajstić information content (AvgIpc) is 2.98. The molecular weight excluding hydrogens is 262 g/mol. The number of aryl methyl sites for hydroxylation is 1. The van der Waals surface area contributed by atoms with Crippen molar-refractivity contribution in [2.75, 3.05) is 11.9 Å². The van der Waals surface area contributed by atoms with Gasteiger partial charge in [0, 0.05) is 18.3 Å². The number of anilines is 1. The topological polar surface area (TPSA) is 37.8 Å². The van der Waals surface area contributed by atoms with E-state index in [0.29, 0.717) is 0 Å². The molecule has 5 heteroatoms. The van der Waals surface area contributed by atoms with Crippen LogP contribution in [-0.4, -0.2) is 16.5 Å². The first-order valence-corrected chi connectivity index (χ1v) is 7.56. The Morgan fingerprint density at radius 1 is 1.33 bits per heavy atom. The van der Waals surface area contributed by atoms with Crippen molar-refractivity contribution in [1.29, 1.82) is 0 Å². The molecule has 0 fully saturated rings. The molecule has 92 valence electrons. The maximum absolute atomic E-state index is 4.62. The minimum atomic E-state index is 0.878. The lowest BCUT2D eigenvalue weighted by molar-refractivity contribution is 0.975. The fraction of sp³-hybridized carbons (Fsp3) is 0.231. The lowest BCUT2D eigenvalue weighted by Gasteiger charge is -1.99. The van der Waals surface area contributed by atoms with E-state index >= 15 is 0 Å². The summed E-state index contributed by atoms with van der Waals surface area (Å²) in [5.74, 6) is 0. The summed E-state index contributed by atoms with van der Waals surface area (Å²) in [5.41, 5.74) is 5.36. The Balaban J connectivity index is 1.69. The van der Waals surface area contributed by atoms with Gasteiger partial charge in [-0.3, -0.25) is 0 Å². The van der Waals surface area contributed by atoms with Crippen LogP contribution in [0.3, 0.4) is 0 Å². The molecule has 0 saturated carbocycles. The van der Waals surface area contributed by atoms with Crippen molar-refractivity contribution in [3.63, 3.8) is 0 Å². The second kappa shape index (κ2) is 5.04. The number of thiazole rings is 2. The van der Waals surface area contributed by atoms with Gasteiger partial charge in [0.25, 0.3) is 0 Å².